The van der Waals surface area contributed by atoms with Crippen molar-refractivity contribution in [2.24, 2.45) is 4.99 Å². The van der Waals surface area contributed by atoms with Crippen molar-refractivity contribution in [3.63, 3.8) is 0 Å². The lowest BCUT2D eigenvalue weighted by Gasteiger charge is -2.33. The van der Waals surface area contributed by atoms with E-state index in [4.69, 9.17) is 4.99 Å². The fourth-order valence-electron chi connectivity index (χ4n) is 3.45. The molecule has 1 aliphatic heterocycles. The second-order valence-electron chi connectivity index (χ2n) is 6.04. The highest BCUT2D eigenvalue weighted by molar-refractivity contribution is 7.19. The minimum atomic E-state index is 0.120. The van der Waals surface area contributed by atoms with Gasteiger partial charge < -0.3 is 5.32 Å². The van der Waals surface area contributed by atoms with E-state index in [1.54, 1.807) is 0 Å². The van der Waals surface area contributed by atoms with Gasteiger partial charge in [-0.3, -0.25) is 0 Å². The van der Waals surface area contributed by atoms with E-state index >= 15 is 0 Å². The zero-order chi connectivity index (χ0) is 15.2. The normalized spacial score (nSPS) is 22.2. The Kier molecular flexibility index (Phi) is 2.88. The zero-order valence-electron chi connectivity index (χ0n) is 12.6. The lowest BCUT2D eigenvalue weighted by molar-refractivity contribution is 0.583. The van der Waals surface area contributed by atoms with Gasteiger partial charge in [-0.05, 0) is 29.0 Å². The number of thiophene rings is 1. The summed E-state index contributed by atoms with van der Waals surface area (Å²) in [6.45, 7) is 0. The predicted octanol–water partition coefficient (Wildman–Crippen LogP) is 5.10. The molecule has 2 aromatic carbocycles. The number of hydrogen-bond acceptors (Lipinski definition) is 3. The van der Waals surface area contributed by atoms with Crippen molar-refractivity contribution in [3.05, 3.63) is 76.7 Å². The fourth-order valence-corrected chi connectivity index (χ4v) is 4.76. The average Bonchev–Trinajstić information content (AvgIpc) is 2.94. The number of allylic oxidation sites excluding steroid dienone is 1. The zero-order valence-corrected chi connectivity index (χ0v) is 13.4. The first-order valence-corrected chi connectivity index (χ1v) is 8.79. The van der Waals surface area contributed by atoms with E-state index in [0.29, 0.717) is 5.92 Å². The summed E-state index contributed by atoms with van der Waals surface area (Å²) in [7, 11) is 0. The number of fused-ring (bicyclic) bond motifs is 3. The van der Waals surface area contributed by atoms with Crippen LogP contribution in [0.25, 0.3) is 16.2 Å². The molecular weight excluding hydrogens is 300 g/mol. The Hall–Kier alpha value is -2.39. The van der Waals surface area contributed by atoms with Crippen LogP contribution in [0.2, 0.25) is 0 Å². The molecule has 1 aromatic heterocycles. The topological polar surface area (TPSA) is 24.4 Å². The van der Waals surface area contributed by atoms with Gasteiger partial charge in [-0.1, -0.05) is 60.7 Å². The number of nitrogens with zero attached hydrogens (tertiary/aromatic N) is 1. The van der Waals surface area contributed by atoms with Crippen molar-refractivity contribution in [1.29, 1.82) is 0 Å². The Balaban J connectivity index is 1.51. The molecule has 3 aromatic rings. The smallest absolute Gasteiger partial charge is 0.147 e. The minimum Gasteiger partial charge on any atom is -0.348 e. The van der Waals surface area contributed by atoms with E-state index in [9.17, 15) is 0 Å². The SMILES string of the molecule is C1=Cc2c(sc3ccccc23)C(C2=NC(c3ccccc3)N2)C1. The molecule has 0 amide bonds. The van der Waals surface area contributed by atoms with E-state index in [0.717, 1.165) is 12.3 Å². The van der Waals surface area contributed by atoms with Crippen LogP contribution >= 0.6 is 11.3 Å². The molecule has 3 heteroatoms. The van der Waals surface area contributed by atoms with Crippen LogP contribution in [-0.4, -0.2) is 5.84 Å². The molecule has 112 valence electrons. The first-order chi connectivity index (χ1) is 11.4. The first kappa shape index (κ1) is 13.1. The van der Waals surface area contributed by atoms with Gasteiger partial charge in [0.25, 0.3) is 0 Å². The largest absolute Gasteiger partial charge is 0.348 e. The van der Waals surface area contributed by atoms with Crippen LogP contribution < -0.4 is 5.32 Å². The summed E-state index contributed by atoms with van der Waals surface area (Å²) in [5, 5.41) is 4.94. The van der Waals surface area contributed by atoms with Gasteiger partial charge in [0, 0.05) is 9.58 Å². The molecule has 0 fully saturated rings. The third-order valence-electron chi connectivity index (χ3n) is 4.63. The molecule has 1 N–H and O–H groups in total. The standard InChI is InChI=1S/C20H16N2S/c1-2-7-13(8-3-1)19-21-20(22-19)16-11-6-10-15-14-9-4-5-12-17(14)23-18(15)16/h1-10,12,16,19H,11H2,(H,21,22). The van der Waals surface area contributed by atoms with E-state index < -0.39 is 0 Å². The van der Waals surface area contributed by atoms with Crippen molar-refractivity contribution < 1.29 is 0 Å². The molecule has 2 heterocycles. The summed E-state index contributed by atoms with van der Waals surface area (Å²) in [6.07, 6.45) is 5.72. The average molecular weight is 316 g/mol. The number of hydrogen-bond donors (Lipinski definition) is 1. The lowest BCUT2D eigenvalue weighted by Crippen LogP contribution is -2.41. The maximum atomic E-state index is 4.86. The lowest BCUT2D eigenvalue weighted by atomic mass is 9.90. The number of aliphatic imine (C=N–C) groups is 1. The summed E-state index contributed by atoms with van der Waals surface area (Å²) >= 11 is 1.91. The van der Waals surface area contributed by atoms with Gasteiger partial charge in [0.05, 0.1) is 5.92 Å². The van der Waals surface area contributed by atoms with Gasteiger partial charge in [-0.15, -0.1) is 11.3 Å². The highest BCUT2D eigenvalue weighted by atomic mass is 32.1. The van der Waals surface area contributed by atoms with Gasteiger partial charge in [0.2, 0.25) is 0 Å². The maximum absolute atomic E-state index is 4.86. The van der Waals surface area contributed by atoms with Crippen LogP contribution in [0.15, 0.2) is 65.7 Å². The third-order valence-corrected chi connectivity index (χ3v) is 5.93. The summed E-state index contributed by atoms with van der Waals surface area (Å²) in [4.78, 5) is 6.31. The van der Waals surface area contributed by atoms with Gasteiger partial charge in [0.1, 0.15) is 12.0 Å². The summed E-state index contributed by atoms with van der Waals surface area (Å²) in [6, 6.07) is 19.1. The molecule has 23 heavy (non-hydrogen) atoms. The van der Waals surface area contributed by atoms with Gasteiger partial charge in [-0.25, -0.2) is 4.99 Å². The maximum Gasteiger partial charge on any atom is 0.147 e. The first-order valence-electron chi connectivity index (χ1n) is 7.97. The molecular formula is C20H16N2S. The Morgan fingerprint density at radius 3 is 2.65 bits per heavy atom. The monoisotopic (exact) mass is 316 g/mol. The van der Waals surface area contributed by atoms with Gasteiger partial charge in [-0.2, -0.15) is 0 Å². The quantitative estimate of drug-likeness (QED) is 0.698. The molecule has 0 spiro atoms. The molecule has 5 rings (SSSR count). The molecule has 2 atom stereocenters. The summed E-state index contributed by atoms with van der Waals surface area (Å²) < 4.78 is 1.37. The molecule has 2 aliphatic rings. The van der Waals surface area contributed by atoms with Crippen molar-refractivity contribution in [3.8, 4) is 0 Å². The van der Waals surface area contributed by atoms with E-state index in [1.165, 1.54) is 26.1 Å². The molecule has 0 saturated heterocycles. The number of nitrogens with one attached hydrogen (secondary N) is 1. The highest BCUT2D eigenvalue weighted by Crippen LogP contribution is 2.43. The third kappa shape index (κ3) is 2.04. The van der Waals surface area contributed by atoms with E-state index in [-0.39, 0.29) is 6.17 Å². The number of benzene rings is 2. The minimum absolute atomic E-state index is 0.120. The van der Waals surface area contributed by atoms with Crippen molar-refractivity contribution in [1.82, 2.24) is 5.32 Å². The van der Waals surface area contributed by atoms with E-state index in [1.807, 2.05) is 17.4 Å². The van der Waals surface area contributed by atoms with E-state index in [2.05, 4.69) is 66.0 Å². The van der Waals surface area contributed by atoms with Crippen molar-refractivity contribution in [2.75, 3.05) is 0 Å². The Labute approximate surface area is 139 Å². The number of amidine groups is 1. The van der Waals surface area contributed by atoms with Crippen LogP contribution in [0.3, 0.4) is 0 Å². The van der Waals surface area contributed by atoms with Crippen LogP contribution in [0, 0.1) is 0 Å². The second kappa shape index (κ2) is 5.07. The van der Waals surface area contributed by atoms with Crippen molar-refractivity contribution >= 4 is 33.3 Å². The van der Waals surface area contributed by atoms with Crippen LogP contribution in [0.1, 0.15) is 34.5 Å². The molecule has 0 saturated carbocycles. The molecule has 0 radical (unpaired) electrons. The van der Waals surface area contributed by atoms with Gasteiger partial charge in [0.15, 0.2) is 0 Å². The molecule has 1 aliphatic carbocycles. The summed E-state index contributed by atoms with van der Waals surface area (Å²) in [5.74, 6) is 1.52. The summed E-state index contributed by atoms with van der Waals surface area (Å²) in [5.41, 5.74) is 2.62. The van der Waals surface area contributed by atoms with Crippen LogP contribution in [0.5, 0.6) is 0 Å². The Morgan fingerprint density at radius 1 is 1.00 bits per heavy atom. The van der Waals surface area contributed by atoms with Crippen LogP contribution in [-0.2, 0) is 0 Å². The highest BCUT2D eigenvalue weighted by Gasteiger charge is 2.32. The second-order valence-corrected chi connectivity index (χ2v) is 7.12. The fraction of sp³-hybridized carbons (Fsp3) is 0.150. The molecule has 2 unspecified atom stereocenters. The molecule has 2 nitrogen and oxygen atoms in total. The Morgan fingerprint density at radius 2 is 1.78 bits per heavy atom. The Bertz CT molecular complexity index is 937. The van der Waals surface area contributed by atoms with Gasteiger partial charge >= 0.3 is 0 Å². The van der Waals surface area contributed by atoms with Crippen LogP contribution in [0.4, 0.5) is 0 Å². The predicted molar refractivity (Wildman–Crippen MR) is 98.0 cm³/mol. The van der Waals surface area contributed by atoms with Crippen molar-refractivity contribution in [2.45, 2.75) is 18.5 Å². The number of rotatable bonds is 2. The molecule has 0 bridgehead atoms.